The third-order valence-electron chi connectivity index (χ3n) is 4.60. The van der Waals surface area contributed by atoms with Crippen molar-refractivity contribution in [2.24, 2.45) is 0 Å². The molecule has 0 saturated carbocycles. The molecular weight excluding hydrogens is 350 g/mol. The lowest BCUT2D eigenvalue weighted by molar-refractivity contribution is -0.0585. The number of imide groups is 1. The van der Waals surface area contributed by atoms with Crippen molar-refractivity contribution in [3.8, 4) is 0 Å². The van der Waals surface area contributed by atoms with Gasteiger partial charge in [0.2, 0.25) is 0 Å². The van der Waals surface area contributed by atoms with E-state index < -0.39 is 17.8 Å². The molecule has 1 saturated heterocycles. The molecule has 0 radical (unpaired) electrons. The second-order valence-electron chi connectivity index (χ2n) is 6.16. The maximum atomic E-state index is 12.6. The molecule has 0 unspecified atom stereocenters. The summed E-state index contributed by atoms with van der Waals surface area (Å²) < 4.78 is 0. The molecule has 0 aromatic heterocycles. The number of hydrogen-bond acceptors (Lipinski definition) is 5. The van der Waals surface area contributed by atoms with E-state index in [0.29, 0.717) is 29.4 Å². The molecule has 0 bridgehead atoms. The SMILES string of the molecule is Cc1c(C(=O)ON2C(=O)c3ccccc3C2=O)cccc1N1CCNC1=O. The number of fused-ring (bicyclic) bond motifs is 1. The number of hydrogen-bond donors (Lipinski definition) is 1. The maximum absolute atomic E-state index is 12.6. The molecule has 0 spiro atoms. The van der Waals surface area contributed by atoms with Gasteiger partial charge in [-0.05, 0) is 36.8 Å². The number of urea groups is 1. The lowest BCUT2D eigenvalue weighted by Gasteiger charge is -2.19. The normalized spacial score (nSPS) is 15.8. The van der Waals surface area contributed by atoms with Crippen molar-refractivity contribution in [2.75, 3.05) is 18.0 Å². The molecular formula is C19H15N3O5. The number of hydroxylamine groups is 2. The van der Waals surface area contributed by atoms with Crippen LogP contribution in [-0.2, 0) is 4.84 Å². The minimum absolute atomic E-state index is 0.170. The first-order valence-electron chi connectivity index (χ1n) is 8.34. The average Bonchev–Trinajstić information content (AvgIpc) is 3.19. The average molecular weight is 365 g/mol. The van der Waals surface area contributed by atoms with E-state index in [1.807, 2.05) is 0 Å². The summed E-state index contributed by atoms with van der Waals surface area (Å²) in [6, 6.07) is 10.9. The Labute approximate surface area is 154 Å². The van der Waals surface area contributed by atoms with Crippen molar-refractivity contribution >= 4 is 29.5 Å². The molecule has 1 fully saturated rings. The number of nitrogens with one attached hydrogen (secondary N) is 1. The highest BCUT2D eigenvalue weighted by Gasteiger charge is 2.39. The Kier molecular flexibility index (Phi) is 3.88. The van der Waals surface area contributed by atoms with Gasteiger partial charge in [-0.1, -0.05) is 23.3 Å². The zero-order valence-electron chi connectivity index (χ0n) is 14.4. The largest absolute Gasteiger partial charge is 0.364 e. The summed E-state index contributed by atoms with van der Waals surface area (Å²) in [5.74, 6) is -2.21. The number of rotatable bonds is 3. The second-order valence-corrected chi connectivity index (χ2v) is 6.16. The Hall–Kier alpha value is -3.68. The van der Waals surface area contributed by atoms with Crippen LogP contribution in [-0.4, -0.2) is 42.0 Å². The molecule has 0 aliphatic carbocycles. The number of benzene rings is 2. The highest BCUT2D eigenvalue weighted by molar-refractivity contribution is 6.21. The Morgan fingerprint density at radius 1 is 1.00 bits per heavy atom. The van der Waals surface area contributed by atoms with Crippen LogP contribution in [0.25, 0.3) is 0 Å². The van der Waals surface area contributed by atoms with E-state index in [-0.39, 0.29) is 22.7 Å². The second kappa shape index (κ2) is 6.24. The third kappa shape index (κ3) is 2.62. The standard InChI is InChI=1S/C19H15N3O5/c1-11-12(7-4-8-15(11)21-10-9-20-19(21)26)18(25)27-22-16(23)13-5-2-3-6-14(13)17(22)24/h2-8H,9-10H2,1H3,(H,20,26). The van der Waals surface area contributed by atoms with Gasteiger partial charge in [0.15, 0.2) is 0 Å². The summed E-state index contributed by atoms with van der Waals surface area (Å²) in [7, 11) is 0. The first-order valence-corrected chi connectivity index (χ1v) is 8.34. The summed E-state index contributed by atoms with van der Waals surface area (Å²) in [6.45, 7) is 2.68. The van der Waals surface area contributed by atoms with Crippen molar-refractivity contribution in [1.82, 2.24) is 10.4 Å². The summed E-state index contributed by atoms with van der Waals surface area (Å²) in [5, 5.41) is 3.17. The molecule has 8 nitrogen and oxygen atoms in total. The highest BCUT2D eigenvalue weighted by atomic mass is 16.7. The fraction of sp³-hybridized carbons (Fsp3) is 0.158. The smallest absolute Gasteiger partial charge is 0.336 e. The van der Waals surface area contributed by atoms with Crippen LogP contribution >= 0.6 is 0 Å². The molecule has 0 atom stereocenters. The quantitative estimate of drug-likeness (QED) is 0.838. The Morgan fingerprint density at radius 3 is 2.26 bits per heavy atom. The van der Waals surface area contributed by atoms with Gasteiger partial charge in [0, 0.05) is 18.8 Å². The molecule has 8 heteroatoms. The van der Waals surface area contributed by atoms with E-state index in [1.165, 1.54) is 23.1 Å². The van der Waals surface area contributed by atoms with Gasteiger partial charge in [-0.15, -0.1) is 0 Å². The van der Waals surface area contributed by atoms with Gasteiger partial charge < -0.3 is 10.2 Å². The molecule has 2 aromatic carbocycles. The van der Waals surface area contributed by atoms with Crippen LogP contribution in [0.5, 0.6) is 0 Å². The van der Waals surface area contributed by atoms with Crippen LogP contribution in [0.4, 0.5) is 10.5 Å². The summed E-state index contributed by atoms with van der Waals surface area (Å²) in [4.78, 5) is 55.8. The number of carbonyl (C=O) groups excluding carboxylic acids is 4. The van der Waals surface area contributed by atoms with E-state index in [0.717, 1.165) is 0 Å². The van der Waals surface area contributed by atoms with Crippen molar-refractivity contribution < 1.29 is 24.0 Å². The first-order chi connectivity index (χ1) is 13.0. The van der Waals surface area contributed by atoms with Gasteiger partial charge >= 0.3 is 12.0 Å². The summed E-state index contributed by atoms with van der Waals surface area (Å²) >= 11 is 0. The number of carbonyl (C=O) groups is 4. The van der Waals surface area contributed by atoms with Crippen LogP contribution in [0.3, 0.4) is 0 Å². The maximum Gasteiger partial charge on any atom is 0.364 e. The van der Waals surface area contributed by atoms with Crippen LogP contribution in [0.1, 0.15) is 36.6 Å². The molecule has 2 heterocycles. The number of anilines is 1. The lowest BCUT2D eigenvalue weighted by Crippen LogP contribution is -2.33. The van der Waals surface area contributed by atoms with Crippen LogP contribution in [0.2, 0.25) is 0 Å². The monoisotopic (exact) mass is 365 g/mol. The van der Waals surface area contributed by atoms with Gasteiger partial charge in [-0.2, -0.15) is 0 Å². The van der Waals surface area contributed by atoms with Gasteiger partial charge in [0.1, 0.15) is 0 Å². The molecule has 2 aromatic rings. The molecule has 2 aliphatic rings. The molecule has 4 rings (SSSR count). The number of amides is 4. The van der Waals surface area contributed by atoms with E-state index >= 15 is 0 Å². The zero-order chi connectivity index (χ0) is 19.1. The molecule has 1 N–H and O–H groups in total. The lowest BCUT2D eigenvalue weighted by atomic mass is 10.1. The minimum atomic E-state index is -0.844. The first kappa shape index (κ1) is 16.8. The van der Waals surface area contributed by atoms with Crippen molar-refractivity contribution in [1.29, 1.82) is 0 Å². The topological polar surface area (TPSA) is 96.0 Å². The van der Waals surface area contributed by atoms with E-state index in [4.69, 9.17) is 4.84 Å². The molecule has 4 amide bonds. The Bertz CT molecular complexity index is 966. The molecule has 27 heavy (non-hydrogen) atoms. The summed E-state index contributed by atoms with van der Waals surface area (Å²) in [5.41, 5.74) is 1.64. The molecule has 2 aliphatic heterocycles. The van der Waals surface area contributed by atoms with E-state index in [1.54, 1.807) is 31.2 Å². The zero-order valence-corrected chi connectivity index (χ0v) is 14.4. The fourth-order valence-corrected chi connectivity index (χ4v) is 3.22. The van der Waals surface area contributed by atoms with Gasteiger partial charge in [0.25, 0.3) is 11.8 Å². The minimum Gasteiger partial charge on any atom is -0.336 e. The fourth-order valence-electron chi connectivity index (χ4n) is 3.22. The van der Waals surface area contributed by atoms with Gasteiger partial charge in [0.05, 0.1) is 16.7 Å². The van der Waals surface area contributed by atoms with Crippen molar-refractivity contribution in [3.63, 3.8) is 0 Å². The van der Waals surface area contributed by atoms with Crippen LogP contribution < -0.4 is 10.2 Å². The Balaban J connectivity index is 1.61. The predicted octanol–water partition coefficient (Wildman–Crippen LogP) is 1.89. The van der Waals surface area contributed by atoms with Gasteiger partial charge in [-0.3, -0.25) is 14.5 Å². The molecule has 136 valence electrons. The Morgan fingerprint density at radius 2 is 1.67 bits per heavy atom. The summed E-state index contributed by atoms with van der Waals surface area (Å²) in [6.07, 6.45) is 0. The highest BCUT2D eigenvalue weighted by Crippen LogP contribution is 2.27. The van der Waals surface area contributed by atoms with Gasteiger partial charge in [-0.25, -0.2) is 9.59 Å². The third-order valence-corrected chi connectivity index (χ3v) is 4.60. The number of nitrogens with zero attached hydrogens (tertiary/aromatic N) is 2. The van der Waals surface area contributed by atoms with Crippen LogP contribution in [0, 0.1) is 6.92 Å². The predicted molar refractivity (Wildman–Crippen MR) is 94.3 cm³/mol. The van der Waals surface area contributed by atoms with E-state index in [9.17, 15) is 19.2 Å². The van der Waals surface area contributed by atoms with Crippen molar-refractivity contribution in [3.05, 3.63) is 64.7 Å². The van der Waals surface area contributed by atoms with Crippen molar-refractivity contribution in [2.45, 2.75) is 6.92 Å². The van der Waals surface area contributed by atoms with Crippen LogP contribution in [0.15, 0.2) is 42.5 Å². The van der Waals surface area contributed by atoms with E-state index in [2.05, 4.69) is 5.32 Å².